The van der Waals surface area contributed by atoms with E-state index in [0.717, 1.165) is 42.6 Å². The van der Waals surface area contributed by atoms with Crippen molar-refractivity contribution in [3.8, 4) is 5.75 Å². The van der Waals surface area contributed by atoms with Crippen LogP contribution in [0.2, 0.25) is 0 Å². The number of carbonyl (C=O) groups is 2. The summed E-state index contributed by atoms with van der Waals surface area (Å²) in [4.78, 5) is 53.0. The van der Waals surface area contributed by atoms with Crippen LogP contribution in [0.15, 0.2) is 40.1 Å². The van der Waals surface area contributed by atoms with Crippen LogP contribution in [0.3, 0.4) is 0 Å². The minimum Gasteiger partial charge on any atom is -0.506 e. The van der Waals surface area contributed by atoms with Crippen LogP contribution in [0.25, 0.3) is 10.9 Å². The van der Waals surface area contributed by atoms with Crippen molar-refractivity contribution < 1.29 is 24.2 Å². The van der Waals surface area contributed by atoms with Crippen LogP contribution >= 0.6 is 0 Å². The van der Waals surface area contributed by atoms with E-state index in [1.807, 2.05) is 18.2 Å². The Labute approximate surface area is 182 Å². The first-order valence-corrected chi connectivity index (χ1v) is 10.1. The topological polar surface area (TPSA) is 128 Å². The molecule has 1 aliphatic rings. The molecular formula is C23H22N2O7. The van der Waals surface area contributed by atoms with Crippen molar-refractivity contribution in [2.75, 3.05) is 14.2 Å². The van der Waals surface area contributed by atoms with Gasteiger partial charge in [-0.25, -0.2) is 4.79 Å². The minimum atomic E-state index is -1.14. The maximum atomic E-state index is 13.5. The zero-order valence-electron chi connectivity index (χ0n) is 17.6. The Morgan fingerprint density at radius 3 is 2.72 bits per heavy atom. The summed E-state index contributed by atoms with van der Waals surface area (Å²) in [6.45, 7) is 0.496. The number of aromatic hydroxyl groups is 1. The molecule has 9 nitrogen and oxygen atoms in total. The molecule has 1 atom stereocenters. The number of methoxy groups -OCH3 is 2. The molecule has 2 aromatic heterocycles. The number of aromatic amines is 1. The first-order chi connectivity index (χ1) is 15.4. The third-order valence-corrected chi connectivity index (χ3v) is 5.88. The van der Waals surface area contributed by atoms with E-state index < -0.39 is 29.2 Å². The van der Waals surface area contributed by atoms with Crippen LogP contribution in [-0.4, -0.2) is 40.8 Å². The highest BCUT2D eigenvalue weighted by Gasteiger charge is 2.31. The number of rotatable bonds is 5. The van der Waals surface area contributed by atoms with Crippen LogP contribution in [0.4, 0.5) is 0 Å². The molecule has 2 N–H and O–H groups in total. The van der Waals surface area contributed by atoms with Crippen molar-refractivity contribution in [2.45, 2.75) is 31.7 Å². The number of esters is 2. The maximum Gasteiger partial charge on any atom is 0.343 e. The lowest BCUT2D eigenvalue weighted by Gasteiger charge is -2.23. The molecule has 0 radical (unpaired) electrons. The molecule has 4 rings (SSSR count). The largest absolute Gasteiger partial charge is 0.506 e. The van der Waals surface area contributed by atoms with Gasteiger partial charge in [0.15, 0.2) is 0 Å². The maximum absolute atomic E-state index is 13.5. The molecule has 0 saturated carbocycles. The second kappa shape index (κ2) is 8.33. The summed E-state index contributed by atoms with van der Waals surface area (Å²) in [5.74, 6) is -3.32. The molecule has 0 amide bonds. The zero-order chi connectivity index (χ0) is 23.0. The quantitative estimate of drug-likeness (QED) is 0.582. The second-order valence-electron chi connectivity index (χ2n) is 7.63. The molecule has 0 fully saturated rings. The van der Waals surface area contributed by atoms with Crippen molar-refractivity contribution in [3.63, 3.8) is 0 Å². The number of H-pyrrole nitrogens is 1. The fraction of sp³-hybridized carbons (Fsp3) is 0.304. The monoisotopic (exact) mass is 438 g/mol. The average Bonchev–Trinajstić information content (AvgIpc) is 2.80. The summed E-state index contributed by atoms with van der Waals surface area (Å²) < 4.78 is 11.1. The zero-order valence-corrected chi connectivity index (χ0v) is 17.6. The highest BCUT2D eigenvalue weighted by molar-refractivity contribution is 5.92. The van der Waals surface area contributed by atoms with Crippen molar-refractivity contribution in [2.24, 2.45) is 0 Å². The van der Waals surface area contributed by atoms with Gasteiger partial charge >= 0.3 is 11.9 Å². The van der Waals surface area contributed by atoms with Crippen molar-refractivity contribution in [1.29, 1.82) is 0 Å². The van der Waals surface area contributed by atoms with Gasteiger partial charge in [-0.3, -0.25) is 14.4 Å². The van der Waals surface area contributed by atoms with Gasteiger partial charge in [0, 0.05) is 24.2 Å². The normalized spacial score (nSPS) is 13.6. The number of aryl methyl sites for hydroxylation is 2. The number of para-hydroxylation sites is 1. The van der Waals surface area contributed by atoms with Gasteiger partial charge in [0.2, 0.25) is 0 Å². The van der Waals surface area contributed by atoms with E-state index in [1.165, 1.54) is 7.11 Å². The Kier molecular flexibility index (Phi) is 5.56. The van der Waals surface area contributed by atoms with Crippen molar-refractivity contribution in [1.82, 2.24) is 9.55 Å². The molecule has 0 saturated heterocycles. The van der Waals surface area contributed by atoms with Crippen molar-refractivity contribution in [3.05, 3.63) is 73.4 Å². The summed E-state index contributed by atoms with van der Waals surface area (Å²) in [6.07, 6.45) is 2.29. The molecule has 0 spiro atoms. The summed E-state index contributed by atoms with van der Waals surface area (Å²) in [5, 5.41) is 11.6. The van der Waals surface area contributed by atoms with E-state index in [2.05, 4.69) is 9.72 Å². The third-order valence-electron chi connectivity index (χ3n) is 5.88. The Bertz CT molecular complexity index is 1350. The number of nitrogens with one attached hydrogen (secondary N) is 1. The summed E-state index contributed by atoms with van der Waals surface area (Å²) in [5.41, 5.74) is 0.401. The van der Waals surface area contributed by atoms with Gasteiger partial charge in [-0.15, -0.1) is 0 Å². The highest BCUT2D eigenvalue weighted by atomic mass is 16.5. The first-order valence-electron chi connectivity index (χ1n) is 10.1. The summed E-state index contributed by atoms with van der Waals surface area (Å²) >= 11 is 0. The lowest BCUT2D eigenvalue weighted by Crippen LogP contribution is -2.31. The van der Waals surface area contributed by atoms with E-state index in [-0.39, 0.29) is 28.7 Å². The predicted molar refractivity (Wildman–Crippen MR) is 115 cm³/mol. The summed E-state index contributed by atoms with van der Waals surface area (Å²) in [6, 6.07) is 7.35. The number of hydrogen-bond donors (Lipinski definition) is 2. The van der Waals surface area contributed by atoms with Crippen LogP contribution in [0.1, 0.15) is 45.8 Å². The number of nitrogens with zero attached hydrogens (tertiary/aromatic N) is 1. The van der Waals surface area contributed by atoms with E-state index in [0.29, 0.717) is 6.54 Å². The standard InChI is InChI=1S/C23H22N2O7/c1-31-17(26)10-14(18-20(27)16(23(30)32-2)11-24-21(18)28)15-9-13-6-3-5-12-7-4-8-25(19(12)13)22(15)29/h3,5-6,9,11,14H,4,7-8,10H2,1-2H3,(H2,24,27,28)/t14-/m1/s1. The molecule has 166 valence electrons. The Morgan fingerprint density at radius 2 is 2.00 bits per heavy atom. The number of ether oxygens (including phenoxy) is 2. The number of aromatic nitrogens is 2. The van der Waals surface area contributed by atoms with Gasteiger partial charge in [-0.05, 0) is 29.9 Å². The van der Waals surface area contributed by atoms with E-state index in [9.17, 15) is 24.3 Å². The van der Waals surface area contributed by atoms with Gasteiger partial charge in [0.1, 0.15) is 11.3 Å². The van der Waals surface area contributed by atoms with E-state index >= 15 is 0 Å². The third kappa shape index (κ3) is 3.45. The van der Waals surface area contributed by atoms with Gasteiger partial charge in [-0.1, -0.05) is 18.2 Å². The van der Waals surface area contributed by atoms with Gasteiger partial charge in [0.05, 0.1) is 31.7 Å². The van der Waals surface area contributed by atoms with Crippen LogP contribution in [-0.2, 0) is 27.2 Å². The van der Waals surface area contributed by atoms with Crippen LogP contribution < -0.4 is 11.1 Å². The highest BCUT2D eigenvalue weighted by Crippen LogP contribution is 2.34. The number of benzene rings is 1. The molecule has 0 bridgehead atoms. The predicted octanol–water partition coefficient (Wildman–Crippen LogP) is 1.82. The van der Waals surface area contributed by atoms with Crippen LogP contribution in [0.5, 0.6) is 5.75 Å². The Hall–Kier alpha value is -3.88. The van der Waals surface area contributed by atoms with Crippen molar-refractivity contribution >= 4 is 22.8 Å². The molecule has 1 aliphatic heterocycles. The number of pyridine rings is 2. The number of hydrogen-bond acceptors (Lipinski definition) is 7. The van der Waals surface area contributed by atoms with Gasteiger partial charge in [-0.2, -0.15) is 0 Å². The van der Waals surface area contributed by atoms with E-state index in [4.69, 9.17) is 4.74 Å². The fourth-order valence-electron chi connectivity index (χ4n) is 4.38. The average molecular weight is 438 g/mol. The smallest absolute Gasteiger partial charge is 0.343 e. The van der Waals surface area contributed by atoms with Crippen LogP contribution in [0, 0.1) is 0 Å². The minimum absolute atomic E-state index is 0.157. The lowest BCUT2D eigenvalue weighted by molar-refractivity contribution is -0.140. The molecule has 3 heterocycles. The SMILES string of the molecule is COC(=O)C[C@@H](c1c(O)c(C(=O)OC)c[nH]c1=O)c1cc2cccc3c2n(c1=O)CCC3. The molecule has 1 aromatic carbocycles. The van der Waals surface area contributed by atoms with Gasteiger partial charge in [0.25, 0.3) is 11.1 Å². The summed E-state index contributed by atoms with van der Waals surface area (Å²) in [7, 11) is 2.33. The number of carbonyl (C=O) groups excluding carboxylic acids is 2. The molecule has 32 heavy (non-hydrogen) atoms. The second-order valence-corrected chi connectivity index (χ2v) is 7.63. The molecule has 9 heteroatoms. The fourth-order valence-corrected chi connectivity index (χ4v) is 4.38. The molecular weight excluding hydrogens is 416 g/mol. The molecule has 0 unspecified atom stereocenters. The Morgan fingerprint density at radius 1 is 1.22 bits per heavy atom. The molecule has 0 aliphatic carbocycles. The van der Waals surface area contributed by atoms with Gasteiger partial charge < -0.3 is 24.1 Å². The lowest BCUT2D eigenvalue weighted by atomic mass is 9.87. The Balaban J connectivity index is 2.02. The van der Waals surface area contributed by atoms with E-state index in [1.54, 1.807) is 10.6 Å². The molecule has 3 aromatic rings. The first kappa shape index (κ1) is 21.4.